The Morgan fingerprint density at radius 3 is 2.14 bits per heavy atom. The van der Waals surface area contributed by atoms with Crippen LogP contribution in [-0.2, 0) is 49.1 Å². The van der Waals surface area contributed by atoms with E-state index < -0.39 is 28.8 Å². The van der Waals surface area contributed by atoms with Gasteiger partial charge in [0.05, 0.1) is 77.0 Å². The molecule has 2 aromatic heterocycles. The lowest BCUT2D eigenvalue weighted by Crippen LogP contribution is -2.40. The van der Waals surface area contributed by atoms with Crippen LogP contribution in [0, 0.1) is 0 Å². The second-order valence-corrected chi connectivity index (χ2v) is 11.6. The zero-order valence-electron chi connectivity index (χ0n) is 29.2. The van der Waals surface area contributed by atoms with Gasteiger partial charge < -0.3 is 39.4 Å². The highest BCUT2D eigenvalue weighted by atomic mass is 16.6. The number of alkyl carbamates (subject to hydrolysis) is 1. The molecule has 0 aliphatic rings. The molecule has 2 rings (SSSR count). The van der Waals surface area contributed by atoms with Gasteiger partial charge >= 0.3 is 11.8 Å². The van der Waals surface area contributed by atoms with Gasteiger partial charge in [-0.15, -0.1) is 0 Å². The summed E-state index contributed by atoms with van der Waals surface area (Å²) < 4.78 is 28.9. The SMILES string of the molecule is Cn1c(O)c(C(CCOCCOCCOCCOCCNC(=O)OC(C)(C)C)=NCCC(=O)Nc2ccc(CN=[N+]=[N-])nc2)c(=O)n(C)c1=O. The van der Waals surface area contributed by atoms with Gasteiger partial charge in [-0.3, -0.25) is 28.7 Å². The van der Waals surface area contributed by atoms with Gasteiger partial charge in [-0.2, -0.15) is 0 Å². The van der Waals surface area contributed by atoms with Crippen LogP contribution in [0.25, 0.3) is 10.4 Å². The molecule has 0 radical (unpaired) electrons. The van der Waals surface area contributed by atoms with Crippen molar-refractivity contribution in [2.45, 2.75) is 45.8 Å². The first-order chi connectivity index (χ1) is 23.8. The Hall–Kier alpha value is -4.81. The zero-order chi connectivity index (χ0) is 36.9. The highest BCUT2D eigenvalue weighted by molar-refractivity contribution is 6.02. The molecule has 0 aliphatic carbocycles. The molecule has 3 N–H and O–H groups in total. The highest BCUT2D eigenvalue weighted by Gasteiger charge is 2.20. The third kappa shape index (κ3) is 15.6. The molecule has 0 aliphatic heterocycles. The van der Waals surface area contributed by atoms with E-state index in [9.17, 15) is 24.3 Å². The summed E-state index contributed by atoms with van der Waals surface area (Å²) in [5.41, 5.74) is 7.43. The Morgan fingerprint density at radius 2 is 1.56 bits per heavy atom. The largest absolute Gasteiger partial charge is 0.494 e. The fourth-order valence-corrected chi connectivity index (χ4v) is 4.05. The fourth-order valence-electron chi connectivity index (χ4n) is 4.05. The first kappa shape index (κ1) is 41.4. The van der Waals surface area contributed by atoms with Gasteiger partial charge in [0.1, 0.15) is 11.2 Å². The number of ether oxygens (including phenoxy) is 5. The van der Waals surface area contributed by atoms with Gasteiger partial charge in [-0.25, -0.2) is 9.59 Å². The van der Waals surface area contributed by atoms with E-state index >= 15 is 0 Å². The number of anilines is 1. The molecule has 2 amide bonds. The standard InChI is InChI=1S/C31H47N9O10/c1-31(2,3)50-29(44)34-11-13-47-15-17-49-19-18-48-16-14-46-12-9-24(26-27(42)39(4)30(45)40(5)28(26)43)33-10-8-25(41)37-23-7-6-22(35-20-23)21-36-38-32/h6-7,20,42H,8-19,21H2,1-5H3,(H,34,44)(H,37,41). The molecule has 0 saturated heterocycles. The molecular weight excluding hydrogens is 658 g/mol. The fraction of sp³-hybridized carbons (Fsp3) is 0.613. The van der Waals surface area contributed by atoms with Crippen LogP contribution in [0.3, 0.4) is 0 Å². The van der Waals surface area contributed by atoms with E-state index in [4.69, 9.17) is 29.2 Å². The summed E-state index contributed by atoms with van der Waals surface area (Å²) in [5, 5.41) is 19.4. The number of nitrogens with one attached hydrogen (secondary N) is 2. The maximum atomic E-state index is 12.9. The summed E-state index contributed by atoms with van der Waals surface area (Å²) in [6.07, 6.45) is 0.992. The number of carbonyl (C=O) groups excluding carboxylic acids is 2. The number of hydrogen-bond donors (Lipinski definition) is 3. The normalized spacial score (nSPS) is 11.6. The molecule has 0 bridgehead atoms. The Kier molecular flexibility index (Phi) is 18.2. The molecule has 2 aromatic rings. The number of pyridine rings is 1. The van der Waals surface area contributed by atoms with E-state index in [0.29, 0.717) is 51.0 Å². The monoisotopic (exact) mass is 705 g/mol. The lowest BCUT2D eigenvalue weighted by atomic mass is 10.1. The van der Waals surface area contributed by atoms with Crippen molar-refractivity contribution >= 4 is 23.4 Å². The van der Waals surface area contributed by atoms with Gasteiger partial charge in [0.25, 0.3) is 5.56 Å². The van der Waals surface area contributed by atoms with E-state index in [1.807, 2.05) is 0 Å². The number of hydrogen-bond acceptors (Lipinski definition) is 13. The van der Waals surface area contributed by atoms with E-state index in [2.05, 4.69) is 30.6 Å². The van der Waals surface area contributed by atoms with Crippen LogP contribution in [0.15, 0.2) is 38.0 Å². The molecule has 2 heterocycles. The second kappa shape index (κ2) is 22.0. The van der Waals surface area contributed by atoms with Crippen LogP contribution in [0.2, 0.25) is 0 Å². The Bertz CT molecular complexity index is 1580. The van der Waals surface area contributed by atoms with E-state index in [1.54, 1.807) is 32.9 Å². The van der Waals surface area contributed by atoms with Gasteiger partial charge in [0, 0.05) is 50.6 Å². The number of nitrogens with zero attached hydrogens (tertiary/aromatic N) is 7. The summed E-state index contributed by atoms with van der Waals surface area (Å²) >= 11 is 0. The van der Waals surface area contributed by atoms with Crippen LogP contribution in [-0.4, -0.2) is 108 Å². The molecule has 0 atom stereocenters. The minimum absolute atomic E-state index is 0.0217. The number of aromatic nitrogens is 3. The molecule has 19 nitrogen and oxygen atoms in total. The average Bonchev–Trinajstić information content (AvgIpc) is 3.06. The zero-order valence-corrected chi connectivity index (χ0v) is 29.2. The van der Waals surface area contributed by atoms with Crippen molar-refractivity contribution in [2.75, 3.05) is 71.3 Å². The van der Waals surface area contributed by atoms with Crippen molar-refractivity contribution in [3.05, 3.63) is 60.9 Å². The van der Waals surface area contributed by atoms with Crippen molar-refractivity contribution in [1.29, 1.82) is 0 Å². The van der Waals surface area contributed by atoms with Gasteiger partial charge in [0.15, 0.2) is 0 Å². The van der Waals surface area contributed by atoms with Gasteiger partial charge in [0.2, 0.25) is 11.8 Å². The summed E-state index contributed by atoms with van der Waals surface area (Å²) in [7, 11) is 2.62. The smallest absolute Gasteiger partial charge is 0.407 e. The first-order valence-corrected chi connectivity index (χ1v) is 15.9. The number of aromatic hydroxyl groups is 1. The minimum Gasteiger partial charge on any atom is -0.494 e. The number of carbonyl (C=O) groups is 2. The summed E-state index contributed by atoms with van der Waals surface area (Å²) in [6, 6.07) is 3.24. The highest BCUT2D eigenvalue weighted by Crippen LogP contribution is 2.14. The van der Waals surface area contributed by atoms with E-state index in [0.717, 1.165) is 9.13 Å². The Morgan fingerprint density at radius 1 is 0.940 bits per heavy atom. The summed E-state index contributed by atoms with van der Waals surface area (Å²) in [5.74, 6) is -0.910. The van der Waals surface area contributed by atoms with E-state index in [1.165, 1.54) is 20.3 Å². The predicted molar refractivity (Wildman–Crippen MR) is 182 cm³/mol. The maximum Gasteiger partial charge on any atom is 0.407 e. The Labute approximate surface area is 289 Å². The minimum atomic E-state index is -0.730. The van der Waals surface area contributed by atoms with Crippen molar-refractivity contribution in [2.24, 2.45) is 24.2 Å². The molecular formula is C31H47N9O10. The second-order valence-electron chi connectivity index (χ2n) is 11.6. The van der Waals surface area contributed by atoms with Crippen molar-refractivity contribution in [3.63, 3.8) is 0 Å². The van der Waals surface area contributed by atoms with Crippen molar-refractivity contribution < 1.29 is 38.4 Å². The Balaban J connectivity index is 1.76. The van der Waals surface area contributed by atoms with Crippen LogP contribution in [0.5, 0.6) is 5.88 Å². The number of amides is 2. The molecule has 276 valence electrons. The number of azide groups is 1. The molecule has 0 aromatic carbocycles. The van der Waals surface area contributed by atoms with Crippen molar-refractivity contribution in [3.8, 4) is 5.88 Å². The number of aliphatic imine (C=N–C) groups is 1. The third-order valence-electron chi connectivity index (χ3n) is 6.48. The summed E-state index contributed by atoms with van der Waals surface area (Å²) in [6.45, 7) is 8.08. The number of rotatable bonds is 22. The van der Waals surface area contributed by atoms with Gasteiger partial charge in [-0.1, -0.05) is 5.11 Å². The predicted octanol–water partition coefficient (Wildman–Crippen LogP) is 1.79. The van der Waals surface area contributed by atoms with Crippen LogP contribution in [0.1, 0.15) is 44.9 Å². The molecule has 0 saturated carbocycles. The lowest BCUT2D eigenvalue weighted by Gasteiger charge is -2.19. The van der Waals surface area contributed by atoms with E-state index in [-0.39, 0.29) is 62.9 Å². The molecule has 50 heavy (non-hydrogen) atoms. The van der Waals surface area contributed by atoms with Crippen molar-refractivity contribution in [1.82, 2.24) is 19.4 Å². The lowest BCUT2D eigenvalue weighted by molar-refractivity contribution is -0.116. The van der Waals surface area contributed by atoms with Gasteiger partial charge in [-0.05, 0) is 38.4 Å². The molecule has 0 spiro atoms. The maximum absolute atomic E-state index is 12.9. The topological polar surface area (TPSA) is 243 Å². The van der Waals surface area contributed by atoms with Crippen LogP contribution >= 0.6 is 0 Å². The van der Waals surface area contributed by atoms with Crippen LogP contribution in [0.4, 0.5) is 10.5 Å². The third-order valence-corrected chi connectivity index (χ3v) is 6.48. The average molecular weight is 706 g/mol. The quantitative estimate of drug-likeness (QED) is 0.0524. The summed E-state index contributed by atoms with van der Waals surface area (Å²) in [4.78, 5) is 60.5. The van der Waals surface area contributed by atoms with Crippen LogP contribution < -0.4 is 21.9 Å². The first-order valence-electron chi connectivity index (χ1n) is 15.9. The molecule has 19 heteroatoms. The molecule has 0 unspecified atom stereocenters. The molecule has 0 fully saturated rings.